The van der Waals surface area contributed by atoms with Gasteiger partial charge in [-0.1, -0.05) is 0 Å². The summed E-state index contributed by atoms with van der Waals surface area (Å²) in [4.78, 5) is 14.5. The molecule has 0 unspecified atom stereocenters. The van der Waals surface area contributed by atoms with Crippen molar-refractivity contribution in [1.82, 2.24) is 4.98 Å². The van der Waals surface area contributed by atoms with Gasteiger partial charge in [0.1, 0.15) is 12.2 Å². The summed E-state index contributed by atoms with van der Waals surface area (Å²) in [5.74, 6) is -3.59. The number of pyridine rings is 1. The summed E-state index contributed by atoms with van der Waals surface area (Å²) in [6.45, 7) is -1.32. The van der Waals surface area contributed by atoms with E-state index in [9.17, 15) is 27.5 Å². The lowest BCUT2D eigenvalue weighted by atomic mass is 10.1. The summed E-state index contributed by atoms with van der Waals surface area (Å²) in [6.07, 6.45) is -4.61. The van der Waals surface area contributed by atoms with Crippen molar-refractivity contribution in [2.24, 2.45) is 0 Å². The van der Waals surface area contributed by atoms with E-state index in [-0.39, 0.29) is 0 Å². The molecule has 0 atom stereocenters. The summed E-state index contributed by atoms with van der Waals surface area (Å²) in [5.41, 5.74) is -1.53. The maximum absolute atomic E-state index is 12.5. The maximum atomic E-state index is 12.5. The summed E-state index contributed by atoms with van der Waals surface area (Å²) in [6, 6.07) is 0. The van der Waals surface area contributed by atoms with E-state index in [0.717, 1.165) is 7.11 Å². The molecule has 1 aromatic rings. The molecule has 0 amide bonds. The standard InChI is InChI=1S/C9H7F4NO4/c1-17-8(16)6-4(2-10)14-3-5(15)7(6)18-9(11,12)13/h3,15H,2H2,1H3. The summed E-state index contributed by atoms with van der Waals surface area (Å²) in [5, 5.41) is 9.20. The smallest absolute Gasteiger partial charge is 0.503 e. The van der Waals surface area contributed by atoms with Crippen LogP contribution in [0, 0.1) is 0 Å². The number of hydrogen-bond acceptors (Lipinski definition) is 5. The molecule has 100 valence electrons. The number of methoxy groups -OCH3 is 1. The number of nitrogens with zero attached hydrogens (tertiary/aromatic N) is 1. The second-order valence-corrected chi connectivity index (χ2v) is 2.97. The van der Waals surface area contributed by atoms with Crippen molar-refractivity contribution < 1.29 is 36.9 Å². The van der Waals surface area contributed by atoms with Crippen molar-refractivity contribution in [3.8, 4) is 11.5 Å². The molecule has 0 radical (unpaired) electrons. The van der Waals surface area contributed by atoms with Gasteiger partial charge in [0.05, 0.1) is 19.0 Å². The minimum atomic E-state index is -5.16. The van der Waals surface area contributed by atoms with E-state index in [1.807, 2.05) is 0 Å². The van der Waals surface area contributed by atoms with Gasteiger partial charge in [-0.05, 0) is 0 Å². The molecule has 0 spiro atoms. The lowest BCUT2D eigenvalue weighted by molar-refractivity contribution is -0.275. The first-order chi connectivity index (χ1) is 8.30. The second kappa shape index (κ2) is 5.07. The first-order valence-electron chi connectivity index (χ1n) is 4.41. The third kappa shape index (κ3) is 2.99. The molecule has 0 aromatic carbocycles. The van der Waals surface area contributed by atoms with E-state index in [1.54, 1.807) is 0 Å². The van der Waals surface area contributed by atoms with Crippen molar-refractivity contribution in [2.75, 3.05) is 7.11 Å². The number of hydrogen-bond donors (Lipinski definition) is 1. The summed E-state index contributed by atoms with van der Waals surface area (Å²) in [7, 11) is 0.881. The van der Waals surface area contributed by atoms with Crippen molar-refractivity contribution in [2.45, 2.75) is 13.0 Å². The summed E-state index contributed by atoms with van der Waals surface area (Å²) < 4.78 is 56.5. The summed E-state index contributed by atoms with van der Waals surface area (Å²) >= 11 is 0. The minimum Gasteiger partial charge on any atom is -0.503 e. The molecule has 5 nitrogen and oxygen atoms in total. The maximum Gasteiger partial charge on any atom is 0.573 e. The van der Waals surface area contributed by atoms with Gasteiger partial charge in [0, 0.05) is 0 Å². The van der Waals surface area contributed by atoms with Gasteiger partial charge in [-0.25, -0.2) is 9.18 Å². The zero-order chi connectivity index (χ0) is 13.9. The fourth-order valence-corrected chi connectivity index (χ4v) is 1.15. The van der Waals surface area contributed by atoms with Gasteiger partial charge in [-0.15, -0.1) is 13.2 Å². The predicted molar refractivity (Wildman–Crippen MR) is 48.7 cm³/mol. The van der Waals surface area contributed by atoms with Gasteiger partial charge in [-0.3, -0.25) is 4.98 Å². The SMILES string of the molecule is COC(=O)c1c(CF)ncc(O)c1OC(F)(F)F. The van der Waals surface area contributed by atoms with E-state index in [0.29, 0.717) is 6.20 Å². The van der Waals surface area contributed by atoms with Crippen LogP contribution in [0.25, 0.3) is 0 Å². The molecular weight excluding hydrogens is 262 g/mol. The number of alkyl halides is 4. The Bertz CT molecular complexity index is 461. The molecule has 18 heavy (non-hydrogen) atoms. The third-order valence-electron chi connectivity index (χ3n) is 1.82. The topological polar surface area (TPSA) is 68.7 Å². The van der Waals surface area contributed by atoms with Gasteiger partial charge in [0.2, 0.25) is 0 Å². The molecule has 1 N–H and O–H groups in total. The van der Waals surface area contributed by atoms with Crippen LogP contribution in [-0.4, -0.2) is 29.5 Å². The number of ether oxygens (including phenoxy) is 2. The van der Waals surface area contributed by atoms with E-state index in [4.69, 9.17) is 0 Å². The number of carbonyl (C=O) groups excluding carboxylic acids is 1. The monoisotopic (exact) mass is 269 g/mol. The average Bonchev–Trinajstić information content (AvgIpc) is 2.29. The second-order valence-electron chi connectivity index (χ2n) is 2.97. The Hall–Kier alpha value is -2.06. The van der Waals surface area contributed by atoms with Crippen LogP contribution in [0.1, 0.15) is 16.1 Å². The molecule has 1 heterocycles. The van der Waals surface area contributed by atoms with E-state index >= 15 is 0 Å². The van der Waals surface area contributed by atoms with E-state index in [1.165, 1.54) is 0 Å². The van der Waals surface area contributed by atoms with Crippen LogP contribution in [0.5, 0.6) is 11.5 Å². The van der Waals surface area contributed by atoms with Crippen LogP contribution in [0.2, 0.25) is 0 Å². The van der Waals surface area contributed by atoms with Crippen LogP contribution in [0.4, 0.5) is 17.6 Å². The Morgan fingerprint density at radius 3 is 2.56 bits per heavy atom. The number of esters is 1. The van der Waals surface area contributed by atoms with Gasteiger partial charge in [0.15, 0.2) is 11.5 Å². The highest BCUT2D eigenvalue weighted by atomic mass is 19.4. The molecule has 0 aliphatic carbocycles. The zero-order valence-electron chi connectivity index (χ0n) is 8.92. The quantitative estimate of drug-likeness (QED) is 0.670. The fraction of sp³-hybridized carbons (Fsp3) is 0.333. The molecule has 1 aromatic heterocycles. The Morgan fingerprint density at radius 1 is 1.50 bits per heavy atom. The Balaban J connectivity index is 3.41. The van der Waals surface area contributed by atoms with E-state index in [2.05, 4.69) is 14.5 Å². The highest BCUT2D eigenvalue weighted by molar-refractivity contribution is 5.94. The van der Waals surface area contributed by atoms with E-state index < -0.39 is 41.8 Å². The number of carbonyl (C=O) groups is 1. The molecular formula is C9H7F4NO4. The molecule has 0 bridgehead atoms. The van der Waals surface area contributed by atoms with Crippen molar-refractivity contribution in [3.63, 3.8) is 0 Å². The van der Waals surface area contributed by atoms with Crippen LogP contribution in [0.15, 0.2) is 6.20 Å². The lowest BCUT2D eigenvalue weighted by Crippen LogP contribution is -2.20. The van der Waals surface area contributed by atoms with Crippen LogP contribution in [0.3, 0.4) is 0 Å². The largest absolute Gasteiger partial charge is 0.573 e. The van der Waals surface area contributed by atoms with Gasteiger partial charge in [-0.2, -0.15) is 0 Å². The lowest BCUT2D eigenvalue weighted by Gasteiger charge is -2.14. The van der Waals surface area contributed by atoms with Crippen LogP contribution < -0.4 is 4.74 Å². The minimum absolute atomic E-state index is 0.544. The Labute approximate surface area is 98.0 Å². The van der Waals surface area contributed by atoms with Gasteiger partial charge in [0.25, 0.3) is 0 Å². The zero-order valence-corrected chi connectivity index (χ0v) is 8.92. The van der Waals surface area contributed by atoms with Crippen molar-refractivity contribution >= 4 is 5.97 Å². The first kappa shape index (κ1) is 14.0. The number of halogens is 4. The molecule has 0 saturated carbocycles. The number of aromatic hydroxyl groups is 1. The molecule has 0 fully saturated rings. The predicted octanol–water partition coefficient (Wildman–Crippen LogP) is 1.94. The first-order valence-corrected chi connectivity index (χ1v) is 4.41. The number of rotatable bonds is 3. The number of aromatic nitrogens is 1. The molecule has 0 aliphatic rings. The van der Waals surface area contributed by atoms with Gasteiger partial charge >= 0.3 is 12.3 Å². The molecule has 1 rings (SSSR count). The van der Waals surface area contributed by atoms with Crippen molar-refractivity contribution in [1.29, 1.82) is 0 Å². The normalized spacial score (nSPS) is 11.2. The highest BCUT2D eigenvalue weighted by Gasteiger charge is 2.36. The third-order valence-corrected chi connectivity index (χ3v) is 1.82. The molecule has 0 aliphatic heterocycles. The van der Waals surface area contributed by atoms with Crippen molar-refractivity contribution in [3.05, 3.63) is 17.5 Å². The Morgan fingerprint density at radius 2 is 2.11 bits per heavy atom. The Kier molecular flexibility index (Phi) is 3.94. The average molecular weight is 269 g/mol. The van der Waals surface area contributed by atoms with Crippen LogP contribution >= 0.6 is 0 Å². The highest BCUT2D eigenvalue weighted by Crippen LogP contribution is 2.36. The molecule has 9 heteroatoms. The fourth-order valence-electron chi connectivity index (χ4n) is 1.15. The van der Waals surface area contributed by atoms with Gasteiger partial charge < -0.3 is 14.6 Å². The van der Waals surface area contributed by atoms with Crippen LogP contribution in [-0.2, 0) is 11.4 Å². The molecule has 0 saturated heterocycles.